The summed E-state index contributed by atoms with van der Waals surface area (Å²) in [5, 5.41) is 2.81. The molecule has 7 heavy (non-hydrogen) atoms. The Morgan fingerprint density at radius 2 is 2.14 bits per heavy atom. The van der Waals surface area contributed by atoms with Crippen LogP contribution in [0.2, 0.25) is 0 Å². The minimum atomic E-state index is -0.546. The van der Waals surface area contributed by atoms with Crippen LogP contribution < -0.4 is 5.32 Å². The van der Waals surface area contributed by atoms with Crippen molar-refractivity contribution in [1.29, 1.82) is 0 Å². The van der Waals surface area contributed by atoms with Crippen LogP contribution in [0.1, 0.15) is 6.42 Å². The lowest BCUT2D eigenvalue weighted by Crippen LogP contribution is -2.10. The molecule has 0 aromatic heterocycles. The highest BCUT2D eigenvalue weighted by Crippen LogP contribution is 2.23. The first kappa shape index (κ1) is 7.18. The van der Waals surface area contributed by atoms with Gasteiger partial charge in [0.15, 0.2) is 0 Å². The highest BCUT2D eigenvalue weighted by Gasteiger charge is 2.35. The molecule has 44 valence electrons. The molecule has 2 atom stereocenters. The molecule has 1 fully saturated rings. The lowest BCUT2D eigenvalue weighted by atomic mass is 10.7. The SMILES string of the molecule is CN[C@@H]1C[C@@H]1F.Cl. The quantitative estimate of drug-likeness (QED) is 0.545. The molecule has 0 aromatic rings. The summed E-state index contributed by atoms with van der Waals surface area (Å²) in [5.74, 6) is 0. The lowest BCUT2D eigenvalue weighted by molar-refractivity contribution is 0.455. The van der Waals surface area contributed by atoms with Gasteiger partial charge in [0.2, 0.25) is 0 Å². The maximum Gasteiger partial charge on any atom is 0.117 e. The van der Waals surface area contributed by atoms with Crippen LogP contribution in [0.3, 0.4) is 0 Å². The summed E-state index contributed by atoms with van der Waals surface area (Å²) in [5.41, 5.74) is 0. The van der Waals surface area contributed by atoms with E-state index in [1.54, 1.807) is 7.05 Å². The van der Waals surface area contributed by atoms with Crippen molar-refractivity contribution in [3.8, 4) is 0 Å². The second kappa shape index (κ2) is 2.48. The summed E-state index contributed by atoms with van der Waals surface area (Å²) in [6.07, 6.45) is 0.172. The molecule has 3 heteroatoms. The number of hydrogen-bond acceptors (Lipinski definition) is 1. The van der Waals surface area contributed by atoms with E-state index in [1.165, 1.54) is 0 Å². The van der Waals surface area contributed by atoms with Gasteiger partial charge in [-0.2, -0.15) is 0 Å². The van der Waals surface area contributed by atoms with E-state index >= 15 is 0 Å². The molecule has 1 aliphatic rings. The van der Waals surface area contributed by atoms with E-state index in [0.717, 1.165) is 6.42 Å². The summed E-state index contributed by atoms with van der Waals surface area (Å²) < 4.78 is 11.7. The molecule has 0 spiro atoms. The number of hydrogen-bond donors (Lipinski definition) is 1. The molecule has 1 nitrogen and oxygen atoms in total. The minimum absolute atomic E-state index is 0. The second-order valence-corrected chi connectivity index (χ2v) is 1.65. The molecule has 0 aliphatic heterocycles. The monoisotopic (exact) mass is 125 g/mol. The predicted molar refractivity (Wildman–Crippen MR) is 29.6 cm³/mol. The summed E-state index contributed by atoms with van der Waals surface area (Å²) in [7, 11) is 1.78. The van der Waals surface area contributed by atoms with Gasteiger partial charge in [-0.3, -0.25) is 0 Å². The average Bonchev–Trinajstić information content (AvgIpc) is 2.19. The predicted octanol–water partition coefficient (Wildman–Crippen LogP) is 0.738. The van der Waals surface area contributed by atoms with Gasteiger partial charge in [-0.1, -0.05) is 0 Å². The van der Waals surface area contributed by atoms with Gasteiger partial charge in [-0.25, -0.2) is 4.39 Å². The molecular weight excluding hydrogens is 117 g/mol. The smallest absolute Gasteiger partial charge is 0.117 e. The van der Waals surface area contributed by atoms with Crippen molar-refractivity contribution in [3.63, 3.8) is 0 Å². The Balaban J connectivity index is 0.000000360. The summed E-state index contributed by atoms with van der Waals surface area (Å²) in [6.45, 7) is 0. The molecule has 1 rings (SSSR count). The summed E-state index contributed by atoms with van der Waals surface area (Å²) in [6, 6.07) is 0.185. The number of nitrogens with one attached hydrogen (secondary N) is 1. The third-order valence-electron chi connectivity index (χ3n) is 1.08. The molecule has 0 aromatic carbocycles. The van der Waals surface area contributed by atoms with Crippen LogP contribution in [0.5, 0.6) is 0 Å². The van der Waals surface area contributed by atoms with Crippen molar-refractivity contribution in [2.75, 3.05) is 7.05 Å². The maximum absolute atomic E-state index is 11.7. The first-order valence-corrected chi connectivity index (χ1v) is 2.16. The van der Waals surface area contributed by atoms with Gasteiger partial charge in [0, 0.05) is 6.04 Å². The topological polar surface area (TPSA) is 12.0 Å². The molecule has 1 aliphatic carbocycles. The Kier molecular flexibility index (Phi) is 2.54. The molecule has 0 heterocycles. The van der Waals surface area contributed by atoms with Gasteiger partial charge < -0.3 is 5.32 Å². The Hall–Kier alpha value is 0.180. The zero-order valence-electron chi connectivity index (χ0n) is 4.15. The average molecular weight is 126 g/mol. The van der Waals surface area contributed by atoms with E-state index < -0.39 is 6.17 Å². The van der Waals surface area contributed by atoms with Gasteiger partial charge in [-0.05, 0) is 13.5 Å². The fourth-order valence-electron chi connectivity index (χ4n) is 0.463. The van der Waals surface area contributed by atoms with E-state index in [-0.39, 0.29) is 18.4 Å². The van der Waals surface area contributed by atoms with E-state index in [0.29, 0.717) is 0 Å². The van der Waals surface area contributed by atoms with Crippen LogP contribution in [-0.2, 0) is 0 Å². The van der Waals surface area contributed by atoms with Crippen LogP contribution in [0, 0.1) is 0 Å². The zero-order valence-corrected chi connectivity index (χ0v) is 4.96. The Bertz CT molecular complexity index is 57.7. The zero-order chi connectivity index (χ0) is 4.57. The van der Waals surface area contributed by atoms with Crippen molar-refractivity contribution in [3.05, 3.63) is 0 Å². The Morgan fingerprint density at radius 1 is 1.71 bits per heavy atom. The first-order chi connectivity index (χ1) is 2.84. The van der Waals surface area contributed by atoms with Gasteiger partial charge in [-0.15, -0.1) is 12.4 Å². The number of halogens is 2. The second-order valence-electron chi connectivity index (χ2n) is 1.65. The third kappa shape index (κ3) is 1.61. The third-order valence-corrected chi connectivity index (χ3v) is 1.08. The van der Waals surface area contributed by atoms with Gasteiger partial charge in [0.25, 0.3) is 0 Å². The van der Waals surface area contributed by atoms with E-state index in [9.17, 15) is 4.39 Å². The molecule has 1 N–H and O–H groups in total. The molecule has 0 bridgehead atoms. The van der Waals surface area contributed by atoms with Gasteiger partial charge >= 0.3 is 0 Å². The van der Waals surface area contributed by atoms with Crippen LogP contribution in [0.15, 0.2) is 0 Å². The normalized spacial score (nSPS) is 36.9. The van der Waals surface area contributed by atoms with Crippen molar-refractivity contribution < 1.29 is 4.39 Å². The molecular formula is C4H9ClFN. The molecule has 0 radical (unpaired) electrons. The summed E-state index contributed by atoms with van der Waals surface area (Å²) in [4.78, 5) is 0. The maximum atomic E-state index is 11.7. The van der Waals surface area contributed by atoms with Gasteiger partial charge in [0.05, 0.1) is 0 Å². The van der Waals surface area contributed by atoms with Crippen molar-refractivity contribution in [2.24, 2.45) is 0 Å². The van der Waals surface area contributed by atoms with E-state index in [4.69, 9.17) is 0 Å². The largest absolute Gasteiger partial charge is 0.314 e. The lowest BCUT2D eigenvalue weighted by Gasteiger charge is -1.82. The first-order valence-electron chi connectivity index (χ1n) is 2.16. The molecule has 1 saturated carbocycles. The van der Waals surface area contributed by atoms with Crippen molar-refractivity contribution >= 4 is 12.4 Å². The van der Waals surface area contributed by atoms with E-state index in [1.807, 2.05) is 0 Å². The Morgan fingerprint density at radius 3 is 2.14 bits per heavy atom. The van der Waals surface area contributed by atoms with Crippen molar-refractivity contribution in [1.82, 2.24) is 5.32 Å². The standard InChI is InChI=1S/C4H8FN.ClH/c1-6-4-2-3(4)5;/h3-4,6H,2H2,1H3;1H/t3-,4+;/m0./s1. The van der Waals surface area contributed by atoms with Crippen LogP contribution in [0.4, 0.5) is 4.39 Å². The number of rotatable bonds is 1. The molecule has 0 saturated heterocycles. The highest BCUT2D eigenvalue weighted by molar-refractivity contribution is 5.85. The molecule has 0 amide bonds. The summed E-state index contributed by atoms with van der Waals surface area (Å²) >= 11 is 0. The van der Waals surface area contributed by atoms with Crippen molar-refractivity contribution in [2.45, 2.75) is 18.6 Å². The fourth-order valence-corrected chi connectivity index (χ4v) is 0.463. The fraction of sp³-hybridized carbons (Fsp3) is 1.00. The van der Waals surface area contributed by atoms with Gasteiger partial charge in [0.1, 0.15) is 6.17 Å². The van der Waals surface area contributed by atoms with Crippen LogP contribution in [0.25, 0.3) is 0 Å². The highest BCUT2D eigenvalue weighted by atomic mass is 35.5. The minimum Gasteiger partial charge on any atom is -0.314 e. The van der Waals surface area contributed by atoms with Crippen LogP contribution >= 0.6 is 12.4 Å². The van der Waals surface area contributed by atoms with E-state index in [2.05, 4.69) is 5.32 Å². The van der Waals surface area contributed by atoms with Crippen LogP contribution in [-0.4, -0.2) is 19.3 Å². The Labute approximate surface area is 48.7 Å². The molecule has 0 unspecified atom stereocenters. The number of alkyl halides is 1.